The van der Waals surface area contributed by atoms with E-state index in [1.54, 1.807) is 18.2 Å². The number of rotatable bonds is 11. The molecule has 0 aromatic heterocycles. The monoisotopic (exact) mass is 370 g/mol. The maximum absolute atomic E-state index is 11.8. The van der Waals surface area contributed by atoms with E-state index in [2.05, 4.69) is 0 Å². The fraction of sp³-hybridized carbons (Fsp3) is 0.632. The van der Waals surface area contributed by atoms with Crippen LogP contribution in [0.2, 0.25) is 0 Å². The number of ether oxygens (including phenoxy) is 1. The summed E-state index contributed by atoms with van der Waals surface area (Å²) >= 11 is 0. The minimum Gasteiger partial charge on any atom is -0.493 e. The van der Waals surface area contributed by atoms with Gasteiger partial charge in [0.05, 0.1) is 19.0 Å². The highest BCUT2D eigenvalue weighted by atomic mass is 32.2. The Morgan fingerprint density at radius 2 is 1.76 bits per heavy atom. The number of unbranched alkanes of at least 4 members (excludes halogenated alkanes) is 3. The number of aldehydes is 1. The van der Waals surface area contributed by atoms with Crippen molar-refractivity contribution >= 4 is 16.4 Å². The van der Waals surface area contributed by atoms with Gasteiger partial charge in [-0.1, -0.05) is 33.6 Å². The Kier molecular flexibility index (Phi) is 8.59. The van der Waals surface area contributed by atoms with E-state index in [1.165, 1.54) is 0 Å². The highest BCUT2D eigenvalue weighted by Crippen LogP contribution is 2.19. The molecule has 0 atom stereocenters. The lowest BCUT2D eigenvalue weighted by Crippen LogP contribution is -2.20. The van der Waals surface area contributed by atoms with Crippen molar-refractivity contribution in [2.24, 2.45) is 5.41 Å². The van der Waals surface area contributed by atoms with Gasteiger partial charge in [0, 0.05) is 5.56 Å². The third kappa shape index (κ3) is 9.60. The van der Waals surface area contributed by atoms with Crippen molar-refractivity contribution in [3.05, 3.63) is 29.3 Å². The summed E-state index contributed by atoms with van der Waals surface area (Å²) in [5.74, 6) is 0.847. The fourth-order valence-corrected chi connectivity index (χ4v) is 3.36. The van der Waals surface area contributed by atoms with Crippen LogP contribution in [0, 0.1) is 12.3 Å². The molecule has 1 aromatic rings. The zero-order chi connectivity index (χ0) is 18.9. The maximum atomic E-state index is 11.8. The Labute approximate surface area is 151 Å². The number of aryl methyl sites for hydroxylation is 1. The van der Waals surface area contributed by atoms with Crippen molar-refractivity contribution in [1.82, 2.24) is 0 Å². The van der Waals surface area contributed by atoms with Crippen molar-refractivity contribution in [1.29, 1.82) is 0 Å². The first-order valence-corrected chi connectivity index (χ1v) is 10.3. The first-order chi connectivity index (χ1) is 11.6. The molecule has 0 aliphatic rings. The van der Waals surface area contributed by atoms with Crippen LogP contribution in [0.4, 0.5) is 0 Å². The van der Waals surface area contributed by atoms with Gasteiger partial charge in [-0.2, -0.15) is 8.42 Å². The number of hydrogen-bond acceptors (Lipinski definition) is 5. The summed E-state index contributed by atoms with van der Waals surface area (Å²) in [7, 11) is -3.42. The molecule has 0 heterocycles. The zero-order valence-electron chi connectivity index (χ0n) is 15.7. The van der Waals surface area contributed by atoms with Crippen LogP contribution in [0.5, 0.6) is 5.75 Å². The molecule has 25 heavy (non-hydrogen) atoms. The van der Waals surface area contributed by atoms with Gasteiger partial charge in [0.15, 0.2) is 0 Å². The molecule has 142 valence electrons. The van der Waals surface area contributed by atoms with E-state index in [-0.39, 0.29) is 17.8 Å². The van der Waals surface area contributed by atoms with Gasteiger partial charge in [-0.05, 0) is 48.9 Å². The molecular formula is C19H30O5S. The third-order valence-electron chi connectivity index (χ3n) is 3.55. The van der Waals surface area contributed by atoms with Gasteiger partial charge in [-0.25, -0.2) is 0 Å². The molecule has 0 amide bonds. The number of benzene rings is 1. The van der Waals surface area contributed by atoms with E-state index in [1.807, 2.05) is 27.7 Å². The second-order valence-corrected chi connectivity index (χ2v) is 9.25. The van der Waals surface area contributed by atoms with Crippen molar-refractivity contribution in [3.8, 4) is 5.75 Å². The average Bonchev–Trinajstić information content (AvgIpc) is 2.52. The number of carbonyl (C=O) groups excluding carboxylic acids is 1. The topological polar surface area (TPSA) is 69.7 Å². The summed E-state index contributed by atoms with van der Waals surface area (Å²) < 4.78 is 34.3. The molecule has 0 N–H and O–H groups in total. The molecule has 0 saturated carbocycles. The van der Waals surface area contributed by atoms with Crippen molar-refractivity contribution in [3.63, 3.8) is 0 Å². The molecule has 0 bridgehead atoms. The molecule has 0 aliphatic heterocycles. The van der Waals surface area contributed by atoms with Gasteiger partial charge in [-0.15, -0.1) is 0 Å². The first-order valence-electron chi connectivity index (χ1n) is 8.69. The molecule has 0 unspecified atom stereocenters. The highest BCUT2D eigenvalue weighted by Gasteiger charge is 2.17. The highest BCUT2D eigenvalue weighted by molar-refractivity contribution is 7.86. The van der Waals surface area contributed by atoms with Crippen molar-refractivity contribution in [2.45, 2.75) is 53.4 Å². The lowest BCUT2D eigenvalue weighted by atomic mass is 9.99. The van der Waals surface area contributed by atoms with Crippen molar-refractivity contribution in [2.75, 3.05) is 19.0 Å². The number of carbonyl (C=O) groups is 1. The Hall–Kier alpha value is -1.40. The van der Waals surface area contributed by atoms with Crippen molar-refractivity contribution < 1.29 is 22.1 Å². The standard InChI is InChI=1S/C19H30O5S/c1-16-13-17(14-20)9-10-18(16)23-11-7-5-6-8-12-25(21,22)24-15-19(2,3)4/h9-10,13-14H,5-8,11-12,15H2,1-4H3. The lowest BCUT2D eigenvalue weighted by Gasteiger charge is -2.17. The van der Waals surface area contributed by atoms with E-state index < -0.39 is 10.1 Å². The molecule has 5 nitrogen and oxygen atoms in total. The summed E-state index contributed by atoms with van der Waals surface area (Å²) in [6.07, 6.45) is 4.00. The van der Waals surface area contributed by atoms with Gasteiger partial charge < -0.3 is 4.74 Å². The van der Waals surface area contributed by atoms with Crippen LogP contribution in [0.15, 0.2) is 18.2 Å². The largest absolute Gasteiger partial charge is 0.493 e. The fourth-order valence-electron chi connectivity index (χ4n) is 2.15. The van der Waals surface area contributed by atoms with E-state index in [0.717, 1.165) is 36.9 Å². The van der Waals surface area contributed by atoms with Crippen LogP contribution in [-0.4, -0.2) is 33.7 Å². The molecular weight excluding hydrogens is 340 g/mol. The maximum Gasteiger partial charge on any atom is 0.267 e. The lowest BCUT2D eigenvalue weighted by molar-refractivity contribution is 0.112. The Morgan fingerprint density at radius 1 is 1.08 bits per heavy atom. The van der Waals surface area contributed by atoms with Gasteiger partial charge in [-0.3, -0.25) is 8.98 Å². The molecule has 1 rings (SSSR count). The molecule has 0 radical (unpaired) electrons. The Morgan fingerprint density at radius 3 is 2.36 bits per heavy atom. The molecule has 0 spiro atoms. The summed E-state index contributed by atoms with van der Waals surface area (Å²) in [5.41, 5.74) is 1.42. The van der Waals surface area contributed by atoms with Crippen LogP contribution in [-0.2, 0) is 14.3 Å². The van der Waals surface area contributed by atoms with E-state index in [4.69, 9.17) is 8.92 Å². The second-order valence-electron chi connectivity index (χ2n) is 7.49. The van der Waals surface area contributed by atoms with Gasteiger partial charge in [0.25, 0.3) is 10.1 Å². The molecule has 0 fully saturated rings. The van der Waals surface area contributed by atoms with Gasteiger partial charge in [0.2, 0.25) is 0 Å². The van der Waals surface area contributed by atoms with Gasteiger partial charge in [0.1, 0.15) is 12.0 Å². The SMILES string of the molecule is Cc1cc(C=O)ccc1OCCCCCCS(=O)(=O)OCC(C)(C)C. The smallest absolute Gasteiger partial charge is 0.267 e. The zero-order valence-corrected chi connectivity index (χ0v) is 16.5. The van der Waals surface area contributed by atoms with Gasteiger partial charge >= 0.3 is 0 Å². The average molecular weight is 371 g/mol. The Balaban J connectivity index is 2.17. The van der Waals surface area contributed by atoms with E-state index in [9.17, 15) is 13.2 Å². The van der Waals surface area contributed by atoms with Crippen LogP contribution in [0.1, 0.15) is 62.4 Å². The minimum atomic E-state index is -3.42. The molecule has 0 saturated heterocycles. The van der Waals surface area contributed by atoms with Crippen LogP contribution in [0.3, 0.4) is 0 Å². The predicted molar refractivity (Wildman–Crippen MR) is 99.7 cm³/mol. The summed E-state index contributed by atoms with van der Waals surface area (Å²) in [6, 6.07) is 5.33. The van der Waals surface area contributed by atoms with Crippen LogP contribution in [0.25, 0.3) is 0 Å². The second kappa shape index (κ2) is 9.92. The normalized spacial score (nSPS) is 12.2. The summed E-state index contributed by atoms with van der Waals surface area (Å²) in [4.78, 5) is 10.7. The van der Waals surface area contributed by atoms with E-state index >= 15 is 0 Å². The van der Waals surface area contributed by atoms with Crippen LogP contribution < -0.4 is 4.74 Å². The molecule has 6 heteroatoms. The molecule has 1 aromatic carbocycles. The Bertz CT molecular complexity index is 644. The predicted octanol–water partition coefficient (Wildman–Crippen LogP) is 4.14. The third-order valence-corrected chi connectivity index (χ3v) is 4.82. The quantitative estimate of drug-likeness (QED) is 0.333. The minimum absolute atomic E-state index is 0.0657. The van der Waals surface area contributed by atoms with Crippen LogP contribution >= 0.6 is 0 Å². The summed E-state index contributed by atoms with van der Waals surface area (Å²) in [5, 5.41) is 0. The molecule has 0 aliphatic carbocycles. The van der Waals surface area contributed by atoms with E-state index in [0.29, 0.717) is 18.6 Å². The number of hydrogen-bond donors (Lipinski definition) is 0. The summed E-state index contributed by atoms with van der Waals surface area (Å²) in [6.45, 7) is 8.52. The first kappa shape index (κ1) is 21.6.